The number of nitrogens with zero attached hydrogens (tertiary/aromatic N) is 1. The molecule has 3 nitrogen and oxygen atoms in total. The molecule has 0 fully saturated rings. The molecule has 1 aromatic carbocycles. The quantitative estimate of drug-likeness (QED) is 0.712. The van der Waals surface area contributed by atoms with Crippen molar-refractivity contribution in [2.75, 3.05) is 0 Å². The van der Waals surface area contributed by atoms with Gasteiger partial charge in [-0.15, -0.1) is 0 Å². The van der Waals surface area contributed by atoms with E-state index in [0.717, 1.165) is 5.56 Å². The number of ketones is 1. The van der Waals surface area contributed by atoms with E-state index in [1.165, 1.54) is 6.92 Å². The van der Waals surface area contributed by atoms with Crippen molar-refractivity contribution in [2.45, 2.75) is 33.4 Å². The van der Waals surface area contributed by atoms with Gasteiger partial charge in [-0.2, -0.15) is 0 Å². The first-order chi connectivity index (χ1) is 7.50. The topological polar surface area (TPSA) is 37.4 Å². The lowest BCUT2D eigenvalue weighted by Gasteiger charge is -2.19. The predicted octanol–water partition coefficient (Wildman–Crippen LogP) is 2.25. The van der Waals surface area contributed by atoms with Crippen molar-refractivity contribution in [1.82, 2.24) is 4.90 Å². The number of hydrogen-bond acceptors (Lipinski definition) is 2. The second kappa shape index (κ2) is 3.74. The van der Waals surface area contributed by atoms with E-state index < -0.39 is 0 Å². The first kappa shape index (κ1) is 10.9. The highest BCUT2D eigenvalue weighted by atomic mass is 16.2. The normalized spacial score (nSPS) is 14.5. The number of fused-ring (bicyclic) bond motifs is 1. The van der Waals surface area contributed by atoms with Crippen molar-refractivity contribution < 1.29 is 9.59 Å². The van der Waals surface area contributed by atoms with Gasteiger partial charge < -0.3 is 4.90 Å². The molecule has 0 unspecified atom stereocenters. The van der Waals surface area contributed by atoms with Crippen molar-refractivity contribution in [3.05, 3.63) is 34.9 Å². The minimum atomic E-state index is -0.00130. The molecule has 1 aliphatic heterocycles. The van der Waals surface area contributed by atoms with Crippen LogP contribution in [0, 0.1) is 0 Å². The summed E-state index contributed by atoms with van der Waals surface area (Å²) in [6.45, 7) is 6.16. The van der Waals surface area contributed by atoms with Crippen LogP contribution in [-0.2, 0) is 6.54 Å². The molecule has 84 valence electrons. The number of hydrogen-bond donors (Lipinski definition) is 0. The van der Waals surface area contributed by atoms with Crippen LogP contribution in [0.15, 0.2) is 18.2 Å². The van der Waals surface area contributed by atoms with Gasteiger partial charge in [0.2, 0.25) is 0 Å². The Morgan fingerprint density at radius 3 is 2.62 bits per heavy atom. The van der Waals surface area contributed by atoms with Crippen LogP contribution in [0.5, 0.6) is 0 Å². The summed E-state index contributed by atoms with van der Waals surface area (Å²) in [5, 5.41) is 0. The second-order valence-corrected chi connectivity index (χ2v) is 4.45. The third-order valence-electron chi connectivity index (χ3n) is 2.97. The molecule has 16 heavy (non-hydrogen) atoms. The maximum atomic E-state index is 12.0. The molecule has 1 heterocycles. The molecule has 3 heteroatoms. The Hall–Kier alpha value is -1.64. The number of carbonyl (C=O) groups is 2. The lowest BCUT2D eigenvalue weighted by Crippen LogP contribution is -2.30. The minimum Gasteiger partial charge on any atom is -0.332 e. The van der Waals surface area contributed by atoms with Gasteiger partial charge in [0, 0.05) is 23.7 Å². The molecule has 0 bridgehead atoms. The molecule has 2 rings (SSSR count). The summed E-state index contributed by atoms with van der Waals surface area (Å²) >= 11 is 0. The summed E-state index contributed by atoms with van der Waals surface area (Å²) in [4.78, 5) is 25.1. The van der Waals surface area contributed by atoms with Crippen LogP contribution in [0.2, 0.25) is 0 Å². The van der Waals surface area contributed by atoms with Gasteiger partial charge in [0.05, 0.1) is 0 Å². The largest absolute Gasteiger partial charge is 0.332 e. The molecule has 0 atom stereocenters. The van der Waals surface area contributed by atoms with E-state index in [1.807, 2.05) is 24.8 Å². The minimum absolute atomic E-state index is 0.00130. The van der Waals surface area contributed by atoms with Gasteiger partial charge in [-0.05, 0) is 32.4 Å². The van der Waals surface area contributed by atoms with Crippen LogP contribution in [0.25, 0.3) is 0 Å². The molecule has 1 aromatic rings. The third kappa shape index (κ3) is 1.62. The average molecular weight is 217 g/mol. The molecule has 0 N–H and O–H groups in total. The number of rotatable bonds is 2. The zero-order valence-electron chi connectivity index (χ0n) is 9.78. The predicted molar refractivity (Wildman–Crippen MR) is 61.5 cm³/mol. The molecule has 1 amide bonds. The summed E-state index contributed by atoms with van der Waals surface area (Å²) in [5.41, 5.74) is 2.31. The van der Waals surface area contributed by atoms with E-state index in [1.54, 1.807) is 12.1 Å². The van der Waals surface area contributed by atoms with Crippen molar-refractivity contribution >= 4 is 11.7 Å². The number of Topliss-reactive ketones (excluding diaryl/α,β-unsaturated/α-hetero) is 1. The first-order valence-corrected chi connectivity index (χ1v) is 5.45. The zero-order valence-corrected chi connectivity index (χ0v) is 9.78. The molecular formula is C13H15NO2. The molecule has 0 aliphatic carbocycles. The van der Waals surface area contributed by atoms with E-state index in [2.05, 4.69) is 0 Å². The van der Waals surface area contributed by atoms with Crippen LogP contribution in [0.1, 0.15) is 47.1 Å². The van der Waals surface area contributed by atoms with Gasteiger partial charge in [0.25, 0.3) is 5.91 Å². The SMILES string of the molecule is CC(=O)c1ccc2c(c1)C(=O)N(C(C)C)C2. The van der Waals surface area contributed by atoms with Crippen LogP contribution >= 0.6 is 0 Å². The van der Waals surface area contributed by atoms with Crippen LogP contribution in [-0.4, -0.2) is 22.6 Å². The third-order valence-corrected chi connectivity index (χ3v) is 2.97. The smallest absolute Gasteiger partial charge is 0.254 e. The summed E-state index contributed by atoms with van der Waals surface area (Å²) in [5.74, 6) is 0.0340. The Bertz CT molecular complexity index is 463. The fourth-order valence-corrected chi connectivity index (χ4v) is 1.96. The van der Waals surface area contributed by atoms with Gasteiger partial charge in [0.15, 0.2) is 5.78 Å². The van der Waals surface area contributed by atoms with E-state index in [9.17, 15) is 9.59 Å². The Labute approximate surface area is 95.1 Å². The average Bonchev–Trinajstić information content (AvgIpc) is 2.56. The molecule has 0 radical (unpaired) electrons. The molecule has 0 saturated carbocycles. The van der Waals surface area contributed by atoms with E-state index in [-0.39, 0.29) is 17.7 Å². The van der Waals surface area contributed by atoms with Gasteiger partial charge in [0.1, 0.15) is 0 Å². The zero-order chi connectivity index (χ0) is 11.9. The first-order valence-electron chi connectivity index (χ1n) is 5.45. The van der Waals surface area contributed by atoms with E-state index in [0.29, 0.717) is 17.7 Å². The Balaban J connectivity index is 2.42. The summed E-state index contributed by atoms with van der Waals surface area (Å²) in [6, 6.07) is 5.58. The lowest BCUT2D eigenvalue weighted by molar-refractivity contribution is 0.0730. The monoisotopic (exact) mass is 217 g/mol. The van der Waals surface area contributed by atoms with Gasteiger partial charge in [-0.1, -0.05) is 12.1 Å². The van der Waals surface area contributed by atoms with Gasteiger partial charge >= 0.3 is 0 Å². The maximum Gasteiger partial charge on any atom is 0.254 e. The lowest BCUT2D eigenvalue weighted by atomic mass is 10.0. The number of carbonyl (C=O) groups excluding carboxylic acids is 2. The Morgan fingerprint density at radius 1 is 1.38 bits per heavy atom. The van der Waals surface area contributed by atoms with E-state index >= 15 is 0 Å². The number of benzene rings is 1. The molecular weight excluding hydrogens is 202 g/mol. The molecule has 0 saturated heterocycles. The highest BCUT2D eigenvalue weighted by Crippen LogP contribution is 2.25. The maximum absolute atomic E-state index is 12.0. The molecule has 1 aliphatic rings. The van der Waals surface area contributed by atoms with Crippen molar-refractivity contribution in [3.63, 3.8) is 0 Å². The van der Waals surface area contributed by atoms with Crippen molar-refractivity contribution in [3.8, 4) is 0 Å². The van der Waals surface area contributed by atoms with E-state index in [4.69, 9.17) is 0 Å². The fraction of sp³-hybridized carbons (Fsp3) is 0.385. The number of amides is 1. The van der Waals surface area contributed by atoms with Crippen LogP contribution < -0.4 is 0 Å². The van der Waals surface area contributed by atoms with Crippen LogP contribution in [0.3, 0.4) is 0 Å². The Kier molecular flexibility index (Phi) is 2.54. The molecule has 0 aromatic heterocycles. The molecule has 0 spiro atoms. The highest BCUT2D eigenvalue weighted by molar-refractivity contribution is 6.02. The van der Waals surface area contributed by atoms with Crippen molar-refractivity contribution in [1.29, 1.82) is 0 Å². The van der Waals surface area contributed by atoms with Crippen LogP contribution in [0.4, 0.5) is 0 Å². The summed E-state index contributed by atoms with van der Waals surface area (Å²) < 4.78 is 0. The summed E-state index contributed by atoms with van der Waals surface area (Å²) in [6.07, 6.45) is 0. The van der Waals surface area contributed by atoms with Crippen molar-refractivity contribution in [2.24, 2.45) is 0 Å². The Morgan fingerprint density at radius 2 is 2.06 bits per heavy atom. The fourth-order valence-electron chi connectivity index (χ4n) is 1.96. The highest BCUT2D eigenvalue weighted by Gasteiger charge is 2.29. The van der Waals surface area contributed by atoms with Gasteiger partial charge in [-0.25, -0.2) is 0 Å². The standard InChI is InChI=1S/C13H15NO2/c1-8(2)14-7-11-5-4-10(9(3)15)6-12(11)13(14)16/h4-6,8H,7H2,1-3H3. The summed E-state index contributed by atoms with van der Waals surface area (Å²) in [7, 11) is 0. The van der Waals surface area contributed by atoms with Gasteiger partial charge in [-0.3, -0.25) is 9.59 Å². The second-order valence-electron chi connectivity index (χ2n) is 4.45.